The van der Waals surface area contributed by atoms with E-state index in [1.54, 1.807) is 11.3 Å². The number of hydrogen-bond acceptors (Lipinski definition) is 3. The van der Waals surface area contributed by atoms with Crippen molar-refractivity contribution in [2.45, 2.75) is 19.4 Å². The minimum atomic E-state index is 0.217. The molecule has 0 aliphatic carbocycles. The normalized spacial score (nSPS) is 11.0. The number of carbonyl (C=O) groups is 1. The zero-order valence-corrected chi connectivity index (χ0v) is 15.8. The van der Waals surface area contributed by atoms with Gasteiger partial charge in [-0.15, -0.1) is 11.3 Å². The third kappa shape index (κ3) is 5.66. The van der Waals surface area contributed by atoms with Crippen molar-refractivity contribution in [3.63, 3.8) is 0 Å². The fraction of sp³-hybridized carbons (Fsp3) is 0.312. The van der Waals surface area contributed by atoms with Crippen molar-refractivity contribution in [2.24, 2.45) is 0 Å². The molecule has 2 nitrogen and oxygen atoms in total. The van der Waals surface area contributed by atoms with Crippen LogP contribution in [0.25, 0.3) is 0 Å². The minimum Gasteiger partial charge on any atom is -0.301 e. The van der Waals surface area contributed by atoms with E-state index in [0.717, 1.165) is 34.0 Å². The Balaban J connectivity index is 1.73. The Morgan fingerprint density at radius 1 is 1.19 bits per heavy atom. The highest BCUT2D eigenvalue weighted by molar-refractivity contribution is 9.10. The predicted octanol–water partition coefficient (Wildman–Crippen LogP) is 5.37. The summed E-state index contributed by atoms with van der Waals surface area (Å²) in [5, 5.41) is 2.10. The van der Waals surface area contributed by atoms with E-state index in [1.165, 1.54) is 4.88 Å². The van der Waals surface area contributed by atoms with Crippen LogP contribution in [0.1, 0.15) is 28.1 Å². The van der Waals surface area contributed by atoms with Gasteiger partial charge in [-0.3, -0.25) is 4.79 Å². The molecule has 2 rings (SSSR count). The molecule has 1 aromatic heterocycles. The number of ketones is 1. The van der Waals surface area contributed by atoms with Gasteiger partial charge >= 0.3 is 0 Å². The summed E-state index contributed by atoms with van der Waals surface area (Å²) in [4.78, 5) is 15.7. The van der Waals surface area contributed by atoms with Crippen molar-refractivity contribution >= 4 is 49.0 Å². The van der Waals surface area contributed by atoms with Crippen LogP contribution < -0.4 is 0 Å². The molecule has 0 radical (unpaired) electrons. The zero-order valence-electron chi connectivity index (χ0n) is 11.8. The van der Waals surface area contributed by atoms with E-state index >= 15 is 0 Å². The zero-order chi connectivity index (χ0) is 15.2. The van der Waals surface area contributed by atoms with Crippen LogP contribution in [0, 0.1) is 0 Å². The minimum absolute atomic E-state index is 0.217. The van der Waals surface area contributed by atoms with Crippen molar-refractivity contribution in [3.8, 4) is 0 Å². The first-order chi connectivity index (χ1) is 10.0. The second-order valence-electron chi connectivity index (χ2n) is 5.00. The van der Waals surface area contributed by atoms with Crippen LogP contribution in [0.5, 0.6) is 0 Å². The maximum Gasteiger partial charge on any atom is 0.162 e. The average Bonchev–Trinajstić information content (AvgIpc) is 2.84. The van der Waals surface area contributed by atoms with Gasteiger partial charge in [-0.1, -0.05) is 28.1 Å². The summed E-state index contributed by atoms with van der Waals surface area (Å²) >= 11 is 8.60. The monoisotopic (exact) mass is 429 g/mol. The Bertz CT molecular complexity index is 595. The van der Waals surface area contributed by atoms with Crippen LogP contribution in [0.2, 0.25) is 0 Å². The summed E-state index contributed by atoms with van der Waals surface area (Å²) in [6.07, 6.45) is 1.48. The molecule has 1 heterocycles. The van der Waals surface area contributed by atoms with E-state index in [-0.39, 0.29) is 5.78 Å². The molecule has 0 bridgehead atoms. The van der Waals surface area contributed by atoms with Gasteiger partial charge in [0.2, 0.25) is 0 Å². The first kappa shape index (κ1) is 16.9. The average molecular weight is 431 g/mol. The van der Waals surface area contributed by atoms with E-state index in [0.29, 0.717) is 6.42 Å². The predicted molar refractivity (Wildman–Crippen MR) is 96.1 cm³/mol. The number of nitrogens with zero attached hydrogens (tertiary/aromatic N) is 1. The Morgan fingerprint density at radius 2 is 1.90 bits per heavy atom. The van der Waals surface area contributed by atoms with E-state index in [2.05, 4.69) is 55.3 Å². The number of hydrogen-bond donors (Lipinski definition) is 0. The fourth-order valence-corrected chi connectivity index (χ4v) is 3.87. The van der Waals surface area contributed by atoms with Crippen molar-refractivity contribution in [2.75, 3.05) is 13.6 Å². The van der Waals surface area contributed by atoms with E-state index in [1.807, 2.05) is 24.3 Å². The highest BCUT2D eigenvalue weighted by Gasteiger charge is 2.07. The lowest BCUT2D eigenvalue weighted by atomic mass is 10.1. The molecule has 2 aromatic rings. The van der Waals surface area contributed by atoms with Gasteiger partial charge in [-0.25, -0.2) is 0 Å². The number of benzene rings is 1. The molecule has 0 saturated carbocycles. The Morgan fingerprint density at radius 3 is 2.52 bits per heavy atom. The number of carbonyl (C=O) groups excluding carboxylic acids is 1. The molecule has 0 amide bonds. The van der Waals surface area contributed by atoms with Crippen molar-refractivity contribution in [1.29, 1.82) is 0 Å². The molecule has 112 valence electrons. The first-order valence-corrected chi connectivity index (χ1v) is 9.21. The van der Waals surface area contributed by atoms with Gasteiger partial charge < -0.3 is 4.90 Å². The Labute approximate surface area is 146 Å². The van der Waals surface area contributed by atoms with Crippen LogP contribution >= 0.6 is 43.2 Å². The Kier molecular flexibility index (Phi) is 6.61. The van der Waals surface area contributed by atoms with Crippen molar-refractivity contribution in [3.05, 3.63) is 55.1 Å². The molecule has 0 saturated heterocycles. The lowest BCUT2D eigenvalue weighted by molar-refractivity contribution is 0.0976. The molecule has 0 fully saturated rings. The summed E-state index contributed by atoms with van der Waals surface area (Å²) < 4.78 is 2.14. The summed E-state index contributed by atoms with van der Waals surface area (Å²) in [5.41, 5.74) is 0.794. The summed E-state index contributed by atoms with van der Waals surface area (Å²) in [6, 6.07) is 9.72. The molecule has 0 atom stereocenters. The van der Waals surface area contributed by atoms with Gasteiger partial charge in [0.15, 0.2) is 5.78 Å². The molecule has 21 heavy (non-hydrogen) atoms. The third-order valence-electron chi connectivity index (χ3n) is 3.16. The fourth-order valence-electron chi connectivity index (χ4n) is 2.07. The highest BCUT2D eigenvalue weighted by Crippen LogP contribution is 2.21. The van der Waals surface area contributed by atoms with Crippen LogP contribution in [0.3, 0.4) is 0 Å². The molecule has 0 aliphatic heterocycles. The van der Waals surface area contributed by atoms with Gasteiger partial charge in [-0.2, -0.15) is 0 Å². The van der Waals surface area contributed by atoms with Crippen molar-refractivity contribution in [1.82, 2.24) is 4.90 Å². The summed E-state index contributed by atoms with van der Waals surface area (Å²) in [7, 11) is 2.09. The lowest BCUT2D eigenvalue weighted by Crippen LogP contribution is -2.19. The summed E-state index contributed by atoms with van der Waals surface area (Å²) in [5.74, 6) is 0.217. The molecule has 5 heteroatoms. The molecule has 0 aliphatic rings. The topological polar surface area (TPSA) is 20.3 Å². The SMILES string of the molecule is CN(CCCC(=O)c1ccc(Br)cc1)Cc1cc(Br)cs1. The number of rotatable bonds is 7. The maximum atomic E-state index is 12.1. The van der Waals surface area contributed by atoms with Crippen LogP contribution in [0.4, 0.5) is 0 Å². The Hall–Kier alpha value is -0.490. The van der Waals surface area contributed by atoms with Gasteiger partial charge in [0.05, 0.1) is 0 Å². The second kappa shape index (κ2) is 8.22. The number of thiophene rings is 1. The quantitative estimate of drug-likeness (QED) is 0.550. The molecular formula is C16H17Br2NOS. The van der Waals surface area contributed by atoms with Crippen molar-refractivity contribution < 1.29 is 4.79 Å². The third-order valence-corrected chi connectivity index (χ3v) is 5.37. The molecule has 0 unspecified atom stereocenters. The first-order valence-electron chi connectivity index (χ1n) is 6.75. The van der Waals surface area contributed by atoms with E-state index < -0.39 is 0 Å². The summed E-state index contributed by atoms with van der Waals surface area (Å²) in [6.45, 7) is 1.86. The molecule has 0 spiro atoms. The van der Waals surface area contributed by atoms with Crippen LogP contribution in [0.15, 0.2) is 44.7 Å². The van der Waals surface area contributed by atoms with Gasteiger partial charge in [-0.05, 0) is 54.1 Å². The standard InChI is InChI=1S/C16H17Br2NOS/c1-19(10-15-9-14(18)11-21-15)8-2-3-16(20)12-4-6-13(17)7-5-12/h4-7,9,11H,2-3,8,10H2,1H3. The van der Waals surface area contributed by atoms with Crippen LogP contribution in [-0.2, 0) is 6.54 Å². The molecule has 0 N–H and O–H groups in total. The highest BCUT2D eigenvalue weighted by atomic mass is 79.9. The smallest absolute Gasteiger partial charge is 0.162 e. The second-order valence-corrected chi connectivity index (χ2v) is 7.83. The number of halogens is 2. The molecular weight excluding hydrogens is 414 g/mol. The van der Waals surface area contributed by atoms with E-state index in [4.69, 9.17) is 0 Å². The van der Waals surface area contributed by atoms with E-state index in [9.17, 15) is 4.79 Å². The van der Waals surface area contributed by atoms with Gasteiger partial charge in [0.1, 0.15) is 0 Å². The maximum absolute atomic E-state index is 12.1. The van der Waals surface area contributed by atoms with Gasteiger partial charge in [0, 0.05) is 37.7 Å². The molecule has 1 aromatic carbocycles. The largest absolute Gasteiger partial charge is 0.301 e. The van der Waals surface area contributed by atoms with Gasteiger partial charge in [0.25, 0.3) is 0 Å². The van der Waals surface area contributed by atoms with Crippen LogP contribution in [-0.4, -0.2) is 24.3 Å². The lowest BCUT2D eigenvalue weighted by Gasteiger charge is -2.15. The number of Topliss-reactive ketones (excluding diaryl/α,β-unsaturated/α-hetero) is 1.